The number of hydrogen-bond acceptors (Lipinski definition) is 2. The maximum absolute atomic E-state index is 6.06. The van der Waals surface area contributed by atoms with Crippen molar-refractivity contribution in [1.82, 2.24) is 5.32 Å². The van der Waals surface area contributed by atoms with Crippen molar-refractivity contribution < 1.29 is 4.42 Å². The Morgan fingerprint density at radius 2 is 2.05 bits per heavy atom. The van der Waals surface area contributed by atoms with Gasteiger partial charge in [-0.2, -0.15) is 0 Å². The number of aryl methyl sites for hydroxylation is 1. The van der Waals surface area contributed by atoms with Crippen molar-refractivity contribution in [3.63, 3.8) is 0 Å². The Morgan fingerprint density at radius 3 is 2.74 bits per heavy atom. The van der Waals surface area contributed by atoms with Crippen LogP contribution in [-0.2, 0) is 0 Å². The van der Waals surface area contributed by atoms with Gasteiger partial charge in [0.1, 0.15) is 11.3 Å². The van der Waals surface area contributed by atoms with Crippen LogP contribution in [0.4, 0.5) is 0 Å². The summed E-state index contributed by atoms with van der Waals surface area (Å²) >= 11 is 0. The fourth-order valence-corrected chi connectivity index (χ4v) is 2.42. The number of rotatable bonds is 6. The van der Waals surface area contributed by atoms with E-state index < -0.39 is 0 Å². The standard InChI is InChI=1S/C17H25NO/c1-5-9-18-11-13(3)14(4)16-10-15-8-6-7-12(2)17(15)19-16/h6-8,10,13-14,18H,5,9,11H2,1-4H3. The fourth-order valence-electron chi connectivity index (χ4n) is 2.42. The molecule has 0 fully saturated rings. The zero-order valence-corrected chi connectivity index (χ0v) is 12.5. The zero-order chi connectivity index (χ0) is 13.8. The Morgan fingerprint density at radius 1 is 1.26 bits per heavy atom. The van der Waals surface area contributed by atoms with E-state index >= 15 is 0 Å². The van der Waals surface area contributed by atoms with Gasteiger partial charge in [-0.15, -0.1) is 0 Å². The van der Waals surface area contributed by atoms with Gasteiger partial charge >= 0.3 is 0 Å². The zero-order valence-electron chi connectivity index (χ0n) is 12.5. The first-order valence-electron chi connectivity index (χ1n) is 7.33. The first-order valence-corrected chi connectivity index (χ1v) is 7.33. The van der Waals surface area contributed by atoms with Crippen molar-refractivity contribution >= 4 is 11.0 Å². The summed E-state index contributed by atoms with van der Waals surface area (Å²) in [5.41, 5.74) is 2.26. The summed E-state index contributed by atoms with van der Waals surface area (Å²) in [5, 5.41) is 4.71. The summed E-state index contributed by atoms with van der Waals surface area (Å²) in [6.07, 6.45) is 1.19. The molecular formula is C17H25NO. The van der Waals surface area contributed by atoms with E-state index in [9.17, 15) is 0 Å². The molecule has 2 unspecified atom stereocenters. The average Bonchev–Trinajstić information content (AvgIpc) is 2.83. The van der Waals surface area contributed by atoms with Crippen molar-refractivity contribution in [1.29, 1.82) is 0 Å². The minimum atomic E-state index is 0.441. The van der Waals surface area contributed by atoms with Crippen LogP contribution < -0.4 is 5.32 Å². The third kappa shape index (κ3) is 3.19. The van der Waals surface area contributed by atoms with Crippen LogP contribution >= 0.6 is 0 Å². The molecular weight excluding hydrogens is 234 g/mol. The van der Waals surface area contributed by atoms with Crippen LogP contribution in [0, 0.1) is 12.8 Å². The molecule has 2 rings (SSSR count). The molecule has 2 heteroatoms. The number of benzene rings is 1. The van der Waals surface area contributed by atoms with E-state index in [1.807, 2.05) is 0 Å². The Bertz CT molecular complexity index is 529. The topological polar surface area (TPSA) is 25.2 Å². The average molecular weight is 259 g/mol. The lowest BCUT2D eigenvalue weighted by atomic mass is 9.93. The highest BCUT2D eigenvalue weighted by Gasteiger charge is 2.18. The highest BCUT2D eigenvalue weighted by molar-refractivity contribution is 5.81. The van der Waals surface area contributed by atoms with Gasteiger partial charge in [-0.1, -0.05) is 39.0 Å². The molecule has 2 atom stereocenters. The lowest BCUT2D eigenvalue weighted by Crippen LogP contribution is -2.24. The minimum Gasteiger partial charge on any atom is -0.461 e. The van der Waals surface area contributed by atoms with Gasteiger partial charge in [-0.3, -0.25) is 0 Å². The van der Waals surface area contributed by atoms with Crippen LogP contribution in [0.5, 0.6) is 0 Å². The summed E-state index contributed by atoms with van der Waals surface area (Å²) in [4.78, 5) is 0. The lowest BCUT2D eigenvalue weighted by molar-refractivity contribution is 0.391. The number of furan rings is 1. The van der Waals surface area contributed by atoms with E-state index in [4.69, 9.17) is 4.42 Å². The van der Waals surface area contributed by atoms with Crippen LogP contribution in [0.1, 0.15) is 44.4 Å². The largest absolute Gasteiger partial charge is 0.461 e. The Labute approximate surface area is 116 Å². The van der Waals surface area contributed by atoms with E-state index in [1.165, 1.54) is 17.4 Å². The molecule has 0 bridgehead atoms. The Kier molecular flexibility index (Phi) is 4.65. The third-order valence-electron chi connectivity index (χ3n) is 3.96. The molecule has 0 aliphatic carbocycles. The fraction of sp³-hybridized carbons (Fsp3) is 0.529. The molecule has 0 radical (unpaired) electrons. The molecule has 1 N–H and O–H groups in total. The Hall–Kier alpha value is -1.28. The molecule has 1 aromatic heterocycles. The van der Waals surface area contributed by atoms with Crippen LogP contribution in [-0.4, -0.2) is 13.1 Å². The molecule has 0 spiro atoms. The molecule has 19 heavy (non-hydrogen) atoms. The summed E-state index contributed by atoms with van der Waals surface area (Å²) in [7, 11) is 0. The first kappa shape index (κ1) is 14.1. The molecule has 104 valence electrons. The molecule has 1 aromatic carbocycles. The van der Waals surface area contributed by atoms with Crippen LogP contribution in [0.3, 0.4) is 0 Å². The number of fused-ring (bicyclic) bond motifs is 1. The first-order chi connectivity index (χ1) is 9.13. The number of para-hydroxylation sites is 1. The van der Waals surface area contributed by atoms with Crippen molar-refractivity contribution in [3.8, 4) is 0 Å². The summed E-state index contributed by atoms with van der Waals surface area (Å²) < 4.78 is 6.06. The molecule has 1 heterocycles. The monoisotopic (exact) mass is 259 g/mol. The van der Waals surface area contributed by atoms with E-state index in [0.29, 0.717) is 11.8 Å². The van der Waals surface area contributed by atoms with Crippen molar-refractivity contribution in [2.75, 3.05) is 13.1 Å². The molecule has 2 aromatic rings. The SMILES string of the molecule is CCCNCC(C)C(C)c1cc2cccc(C)c2o1. The van der Waals surface area contributed by atoms with Crippen LogP contribution in [0.25, 0.3) is 11.0 Å². The predicted octanol–water partition coefficient (Wildman–Crippen LogP) is 4.48. The number of nitrogens with one attached hydrogen (secondary N) is 1. The molecule has 0 saturated carbocycles. The van der Waals surface area contributed by atoms with Gasteiger partial charge in [0.15, 0.2) is 0 Å². The summed E-state index contributed by atoms with van der Waals surface area (Å²) in [5.74, 6) is 2.12. The Balaban J connectivity index is 2.12. The smallest absolute Gasteiger partial charge is 0.137 e. The molecule has 0 saturated heterocycles. The maximum atomic E-state index is 6.06. The second-order valence-electron chi connectivity index (χ2n) is 5.61. The third-order valence-corrected chi connectivity index (χ3v) is 3.96. The van der Waals surface area contributed by atoms with E-state index in [-0.39, 0.29) is 0 Å². The van der Waals surface area contributed by atoms with Gasteiger partial charge in [0.25, 0.3) is 0 Å². The predicted molar refractivity (Wildman–Crippen MR) is 81.7 cm³/mol. The van der Waals surface area contributed by atoms with Crippen LogP contribution in [0.15, 0.2) is 28.7 Å². The van der Waals surface area contributed by atoms with Crippen molar-refractivity contribution in [2.24, 2.45) is 5.92 Å². The molecule has 0 aliphatic rings. The number of hydrogen-bond donors (Lipinski definition) is 1. The molecule has 2 nitrogen and oxygen atoms in total. The molecule has 0 aliphatic heterocycles. The normalized spacial score (nSPS) is 14.7. The minimum absolute atomic E-state index is 0.441. The van der Waals surface area contributed by atoms with Crippen LogP contribution in [0.2, 0.25) is 0 Å². The van der Waals surface area contributed by atoms with Gasteiger partial charge in [-0.25, -0.2) is 0 Å². The second-order valence-corrected chi connectivity index (χ2v) is 5.61. The van der Waals surface area contributed by atoms with Gasteiger partial charge < -0.3 is 9.73 Å². The highest BCUT2D eigenvalue weighted by atomic mass is 16.3. The summed E-state index contributed by atoms with van der Waals surface area (Å²) in [6.45, 7) is 11.0. The lowest BCUT2D eigenvalue weighted by Gasteiger charge is -2.18. The quantitative estimate of drug-likeness (QED) is 0.774. The van der Waals surface area contributed by atoms with Gasteiger partial charge in [0, 0.05) is 11.3 Å². The van der Waals surface area contributed by atoms with E-state index in [1.54, 1.807) is 0 Å². The van der Waals surface area contributed by atoms with Gasteiger partial charge in [0.2, 0.25) is 0 Å². The second kappa shape index (κ2) is 6.25. The maximum Gasteiger partial charge on any atom is 0.137 e. The summed E-state index contributed by atoms with van der Waals surface area (Å²) in [6, 6.07) is 8.52. The van der Waals surface area contributed by atoms with E-state index in [0.717, 1.165) is 24.4 Å². The van der Waals surface area contributed by atoms with E-state index in [2.05, 4.69) is 57.3 Å². The highest BCUT2D eigenvalue weighted by Crippen LogP contribution is 2.30. The van der Waals surface area contributed by atoms with Crippen molar-refractivity contribution in [3.05, 3.63) is 35.6 Å². The van der Waals surface area contributed by atoms with Crippen molar-refractivity contribution in [2.45, 2.75) is 40.0 Å². The molecule has 0 amide bonds. The van der Waals surface area contributed by atoms with Gasteiger partial charge in [-0.05, 0) is 44.0 Å². The van der Waals surface area contributed by atoms with Gasteiger partial charge in [0.05, 0.1) is 0 Å².